The molecular weight excluding hydrogens is 905 g/mol. The summed E-state index contributed by atoms with van der Waals surface area (Å²) in [5.41, 5.74) is 6.67. The standard InChI is InChI=1S/C50H86N8O10S/c1-15-32(8)43(38(67-13)27-39(59)58-23-19-22-37(58)44(68-14)33(9)45(60)54-36(50(65)66)26-35-20-17-16-18-21-35)57(12)49(64)41(30(4)5)55-48(63)42(31(6)7)56(11)24-25-69-28-52-46(61)34(10)53-47(62)40(51)29(2)3/h16-18,20-21,29-34,36-38,40-44H,15,19,22-28,51H2,1-14H3,(H,52,61)(H,53,62)(H,54,60)(H,55,63)(H,65,66)/t32-,33+,34-,36-,37-,38+,40-,41-,42-,43-,44+/m0/s1. The van der Waals surface area contributed by atoms with Gasteiger partial charge in [0, 0.05) is 46.5 Å². The third kappa shape index (κ3) is 18.1. The second kappa shape index (κ2) is 29.8. The normalized spacial score (nSPS) is 18.4. The van der Waals surface area contributed by atoms with Crippen LogP contribution >= 0.6 is 11.8 Å². The van der Waals surface area contributed by atoms with Crippen LogP contribution in [0.1, 0.15) is 100 Å². The molecule has 11 atom stereocenters. The summed E-state index contributed by atoms with van der Waals surface area (Å²) < 4.78 is 12.0. The van der Waals surface area contributed by atoms with Gasteiger partial charge in [-0.25, -0.2) is 4.79 Å². The lowest BCUT2D eigenvalue weighted by molar-refractivity contribution is -0.148. The largest absolute Gasteiger partial charge is 0.480 e. The Hall–Kier alpha value is -4.30. The third-order valence-corrected chi connectivity index (χ3v) is 14.3. The van der Waals surface area contributed by atoms with Crippen molar-refractivity contribution < 1.29 is 48.1 Å². The molecule has 1 fully saturated rings. The number of hydrogen-bond donors (Lipinski definition) is 6. The Balaban J connectivity index is 2.16. The maximum Gasteiger partial charge on any atom is 0.326 e. The van der Waals surface area contributed by atoms with E-state index >= 15 is 0 Å². The Morgan fingerprint density at radius 1 is 0.841 bits per heavy atom. The fourth-order valence-corrected chi connectivity index (χ4v) is 9.82. The molecule has 7 N–H and O–H groups in total. The SMILES string of the molecule is CC[C@H](C)[C@@H]([C@@H](CC(=O)N1CCC[C@H]1[C@H](OC)[C@@H](C)C(=O)N[C@@H](Cc1ccccc1)C(=O)O)OC)N(C)C(=O)[C@@H](NC(=O)[C@H](C(C)C)N(C)CCSCNC(=O)[C@H](C)NC(=O)[C@@H](N)C(C)C)C(C)C. The van der Waals surface area contributed by atoms with E-state index in [0.717, 1.165) is 5.56 Å². The van der Waals surface area contributed by atoms with Crippen LogP contribution in [0, 0.1) is 29.6 Å². The highest BCUT2D eigenvalue weighted by Gasteiger charge is 2.43. The number of hydrogen-bond acceptors (Lipinski definition) is 12. The molecule has 0 spiro atoms. The quantitative estimate of drug-likeness (QED) is 0.0481. The summed E-state index contributed by atoms with van der Waals surface area (Å²) >= 11 is 1.48. The number of carboxylic acids is 1. The first-order valence-electron chi connectivity index (χ1n) is 24.5. The summed E-state index contributed by atoms with van der Waals surface area (Å²) in [4.78, 5) is 99.0. The van der Waals surface area contributed by atoms with Gasteiger partial charge in [0.25, 0.3) is 0 Å². The average Bonchev–Trinajstić information content (AvgIpc) is 3.79. The van der Waals surface area contributed by atoms with E-state index < -0.39 is 72.3 Å². The third-order valence-electron chi connectivity index (χ3n) is 13.5. The van der Waals surface area contributed by atoms with Crippen LogP contribution < -0.4 is 27.0 Å². The van der Waals surface area contributed by atoms with Crippen molar-refractivity contribution in [3.8, 4) is 0 Å². The number of nitrogens with one attached hydrogen (secondary N) is 4. The summed E-state index contributed by atoms with van der Waals surface area (Å²) in [5.74, 6) is -3.63. The van der Waals surface area contributed by atoms with E-state index in [-0.39, 0.29) is 66.0 Å². The highest BCUT2D eigenvalue weighted by molar-refractivity contribution is 7.99. The number of methoxy groups -OCH3 is 2. The molecule has 0 aliphatic carbocycles. The van der Waals surface area contributed by atoms with Gasteiger partial charge in [-0.15, -0.1) is 11.8 Å². The van der Waals surface area contributed by atoms with Crippen molar-refractivity contribution in [3.05, 3.63) is 35.9 Å². The highest BCUT2D eigenvalue weighted by atomic mass is 32.2. The molecule has 1 heterocycles. The van der Waals surface area contributed by atoms with Gasteiger partial charge >= 0.3 is 5.97 Å². The van der Waals surface area contributed by atoms with Gasteiger partial charge in [0.1, 0.15) is 18.1 Å². The predicted molar refractivity (Wildman–Crippen MR) is 270 cm³/mol. The minimum atomic E-state index is -1.16. The molecule has 392 valence electrons. The summed E-state index contributed by atoms with van der Waals surface area (Å²) in [5, 5.41) is 21.2. The highest BCUT2D eigenvalue weighted by Crippen LogP contribution is 2.30. The summed E-state index contributed by atoms with van der Waals surface area (Å²) in [6, 6.07) is 3.99. The maximum absolute atomic E-state index is 14.6. The molecule has 2 rings (SSSR count). The zero-order valence-corrected chi connectivity index (χ0v) is 44.6. The number of likely N-dealkylation sites (N-methyl/N-ethyl adjacent to an activating group) is 2. The Morgan fingerprint density at radius 3 is 2.01 bits per heavy atom. The van der Waals surface area contributed by atoms with Crippen LogP contribution in [0.5, 0.6) is 0 Å². The van der Waals surface area contributed by atoms with Crippen molar-refractivity contribution in [1.29, 1.82) is 0 Å². The van der Waals surface area contributed by atoms with Crippen LogP contribution in [0.2, 0.25) is 0 Å². The summed E-state index contributed by atoms with van der Waals surface area (Å²) in [6.07, 6.45) is 0.539. The predicted octanol–water partition coefficient (Wildman–Crippen LogP) is 3.11. The van der Waals surface area contributed by atoms with E-state index in [2.05, 4.69) is 21.3 Å². The number of aliphatic carboxylic acids is 1. The van der Waals surface area contributed by atoms with E-state index in [4.69, 9.17) is 15.2 Å². The van der Waals surface area contributed by atoms with Gasteiger partial charge in [-0.2, -0.15) is 0 Å². The van der Waals surface area contributed by atoms with Gasteiger partial charge < -0.3 is 51.4 Å². The average molecular weight is 991 g/mol. The fraction of sp³-hybridized carbons (Fsp3) is 0.740. The Morgan fingerprint density at radius 2 is 1.48 bits per heavy atom. The fourth-order valence-electron chi connectivity index (χ4n) is 9.02. The zero-order valence-electron chi connectivity index (χ0n) is 43.8. The molecule has 1 aromatic carbocycles. The number of carboxylic acid groups (broad SMARTS) is 1. The van der Waals surface area contributed by atoms with Gasteiger partial charge in [-0.05, 0) is 56.0 Å². The molecule has 0 aromatic heterocycles. The van der Waals surface area contributed by atoms with E-state index in [0.29, 0.717) is 44.0 Å². The lowest BCUT2D eigenvalue weighted by Gasteiger charge is -2.41. The Kier molecular flexibility index (Phi) is 26.3. The van der Waals surface area contributed by atoms with E-state index in [1.165, 1.54) is 26.0 Å². The molecule has 0 radical (unpaired) electrons. The van der Waals surface area contributed by atoms with E-state index in [1.54, 1.807) is 42.8 Å². The van der Waals surface area contributed by atoms with Crippen molar-refractivity contribution >= 4 is 53.2 Å². The smallest absolute Gasteiger partial charge is 0.326 e. The molecule has 1 aliphatic heterocycles. The first-order valence-corrected chi connectivity index (χ1v) is 25.7. The minimum Gasteiger partial charge on any atom is -0.480 e. The Bertz CT molecular complexity index is 1810. The molecule has 6 amide bonds. The molecule has 0 bridgehead atoms. The molecule has 19 heteroatoms. The van der Waals surface area contributed by atoms with Crippen molar-refractivity contribution in [1.82, 2.24) is 36.0 Å². The van der Waals surface area contributed by atoms with Crippen molar-refractivity contribution in [3.63, 3.8) is 0 Å². The number of carbonyl (C=O) groups excluding carboxylic acids is 6. The number of amides is 6. The number of nitrogens with zero attached hydrogens (tertiary/aromatic N) is 3. The Labute approximate surface area is 416 Å². The number of carbonyl (C=O) groups is 7. The van der Waals surface area contributed by atoms with Crippen LogP contribution in [0.3, 0.4) is 0 Å². The first kappa shape index (κ1) is 60.8. The van der Waals surface area contributed by atoms with Crippen molar-refractivity contribution in [2.75, 3.05) is 53.0 Å². The molecule has 1 aliphatic rings. The first-order chi connectivity index (χ1) is 32.4. The van der Waals surface area contributed by atoms with Gasteiger partial charge in [0.15, 0.2) is 0 Å². The van der Waals surface area contributed by atoms with Gasteiger partial charge in [0.2, 0.25) is 35.4 Å². The van der Waals surface area contributed by atoms with Gasteiger partial charge in [-0.1, -0.05) is 99.1 Å². The molecule has 18 nitrogen and oxygen atoms in total. The summed E-state index contributed by atoms with van der Waals surface area (Å²) in [6.45, 7) is 19.6. The number of nitrogens with two attached hydrogens (primary N) is 1. The van der Waals surface area contributed by atoms with Gasteiger partial charge in [-0.3, -0.25) is 33.7 Å². The van der Waals surface area contributed by atoms with Crippen molar-refractivity contribution in [2.45, 2.75) is 156 Å². The second-order valence-corrected chi connectivity index (χ2v) is 20.8. The maximum atomic E-state index is 14.6. The van der Waals surface area contributed by atoms with Crippen LogP contribution in [0.25, 0.3) is 0 Å². The number of ether oxygens (including phenoxy) is 2. The number of thioether (sulfide) groups is 1. The summed E-state index contributed by atoms with van der Waals surface area (Å²) in [7, 11) is 6.55. The zero-order chi connectivity index (χ0) is 52.3. The van der Waals surface area contributed by atoms with Gasteiger partial charge in [0.05, 0.1) is 54.6 Å². The van der Waals surface area contributed by atoms with Crippen molar-refractivity contribution in [2.24, 2.45) is 35.3 Å². The number of benzene rings is 1. The van der Waals surface area contributed by atoms with Crippen LogP contribution in [-0.2, 0) is 49.5 Å². The van der Waals surface area contributed by atoms with Crippen LogP contribution in [0.15, 0.2) is 30.3 Å². The lowest BCUT2D eigenvalue weighted by Crippen LogP contribution is -2.60. The van der Waals surface area contributed by atoms with Crippen LogP contribution in [0.4, 0.5) is 0 Å². The molecule has 0 unspecified atom stereocenters. The molecule has 1 saturated heterocycles. The molecule has 69 heavy (non-hydrogen) atoms. The lowest BCUT2D eigenvalue weighted by atomic mass is 9.89. The minimum absolute atomic E-state index is 0.0575. The van der Waals surface area contributed by atoms with E-state index in [9.17, 15) is 38.7 Å². The monoisotopic (exact) mass is 991 g/mol. The number of rotatable bonds is 30. The topological polar surface area (TPSA) is 242 Å². The molecule has 1 aromatic rings. The number of likely N-dealkylation sites (tertiary alicyclic amines) is 1. The van der Waals surface area contributed by atoms with E-state index in [1.807, 2.05) is 85.5 Å². The molecule has 0 saturated carbocycles. The van der Waals surface area contributed by atoms with Crippen LogP contribution in [-0.4, -0.2) is 169 Å². The second-order valence-electron chi connectivity index (χ2n) is 19.7. The molecular formula is C50H86N8O10S.